The van der Waals surface area contributed by atoms with Crippen molar-refractivity contribution in [2.45, 2.75) is 31.0 Å². The van der Waals surface area contributed by atoms with Crippen molar-refractivity contribution in [2.75, 3.05) is 5.75 Å². The fraction of sp³-hybridized carbons (Fsp3) is 0.500. The fourth-order valence-corrected chi connectivity index (χ4v) is 1.91. The summed E-state index contributed by atoms with van der Waals surface area (Å²) < 4.78 is 0. The molecule has 0 saturated carbocycles. The molecule has 1 atom stereocenters. The predicted octanol–water partition coefficient (Wildman–Crippen LogP) is 0.665. The zero-order chi connectivity index (χ0) is 12.0. The number of nitrogens with two attached hydrogens (primary N) is 1. The zero-order valence-corrected chi connectivity index (χ0v) is 9.88. The van der Waals surface area contributed by atoms with Crippen LogP contribution in [0.3, 0.4) is 0 Å². The third kappa shape index (κ3) is 4.04. The second kappa shape index (κ2) is 6.30. The van der Waals surface area contributed by atoms with Gasteiger partial charge in [0.05, 0.1) is 6.07 Å². The number of hydrogen-bond acceptors (Lipinski definition) is 5. The molecule has 0 radical (unpaired) electrons. The summed E-state index contributed by atoms with van der Waals surface area (Å²) in [6, 6.07) is 2.89. The van der Waals surface area contributed by atoms with Crippen LogP contribution in [0.1, 0.15) is 19.0 Å². The summed E-state index contributed by atoms with van der Waals surface area (Å²) >= 11 is 1.29. The molecule has 3 N–H and O–H groups in total. The molecule has 1 unspecified atom stereocenters. The smallest absolute Gasteiger partial charge is 0.251 e. The summed E-state index contributed by atoms with van der Waals surface area (Å²) in [6.45, 7) is 2.03. The van der Waals surface area contributed by atoms with Gasteiger partial charge in [-0.15, -0.1) is 0 Å². The number of aryl methyl sites for hydroxylation is 1. The predicted molar refractivity (Wildman–Crippen MR) is 63.2 cm³/mol. The van der Waals surface area contributed by atoms with Crippen LogP contribution in [0, 0.1) is 11.3 Å². The van der Waals surface area contributed by atoms with Crippen LogP contribution in [-0.2, 0) is 6.42 Å². The Labute approximate surface area is 98.1 Å². The Balaban J connectivity index is 2.73. The number of rotatable bonds is 5. The number of hydrogen-bond donors (Lipinski definition) is 2. The van der Waals surface area contributed by atoms with E-state index in [1.807, 2.05) is 13.0 Å². The molecule has 0 spiro atoms. The third-order valence-electron chi connectivity index (χ3n) is 1.84. The van der Waals surface area contributed by atoms with Crippen molar-refractivity contribution >= 4 is 11.8 Å². The highest BCUT2D eigenvalue weighted by molar-refractivity contribution is 7.99. The Bertz CT molecular complexity index is 437. The molecule has 0 fully saturated rings. The van der Waals surface area contributed by atoms with E-state index in [9.17, 15) is 4.79 Å². The van der Waals surface area contributed by atoms with Gasteiger partial charge in [0.25, 0.3) is 5.56 Å². The zero-order valence-electron chi connectivity index (χ0n) is 9.06. The second-order valence-electron chi connectivity index (χ2n) is 3.34. The highest BCUT2D eigenvalue weighted by Crippen LogP contribution is 2.12. The molecule has 5 nitrogen and oxygen atoms in total. The average Bonchev–Trinajstić information content (AvgIpc) is 2.25. The van der Waals surface area contributed by atoms with Gasteiger partial charge in [-0.1, -0.05) is 25.1 Å². The summed E-state index contributed by atoms with van der Waals surface area (Å²) in [5.41, 5.74) is 6.07. The van der Waals surface area contributed by atoms with Gasteiger partial charge in [-0.25, -0.2) is 4.98 Å². The molecule has 0 bridgehead atoms. The molecule has 86 valence electrons. The summed E-state index contributed by atoms with van der Waals surface area (Å²) in [5.74, 6) is 0.426. The number of thioether (sulfide) groups is 1. The van der Waals surface area contributed by atoms with E-state index in [1.165, 1.54) is 17.8 Å². The molecule has 0 aliphatic carbocycles. The van der Waals surface area contributed by atoms with Gasteiger partial charge in [-0.05, 0) is 6.42 Å². The van der Waals surface area contributed by atoms with E-state index in [0.29, 0.717) is 10.9 Å². The van der Waals surface area contributed by atoms with Gasteiger partial charge in [0.2, 0.25) is 0 Å². The first-order valence-corrected chi connectivity index (χ1v) is 6.02. The van der Waals surface area contributed by atoms with Crippen LogP contribution in [0.5, 0.6) is 0 Å². The van der Waals surface area contributed by atoms with E-state index in [-0.39, 0.29) is 5.56 Å². The largest absolute Gasteiger partial charge is 0.315 e. The molecule has 0 amide bonds. The molecule has 6 heteroatoms. The van der Waals surface area contributed by atoms with Gasteiger partial charge >= 0.3 is 0 Å². The van der Waals surface area contributed by atoms with Crippen molar-refractivity contribution in [1.29, 1.82) is 5.26 Å². The Morgan fingerprint density at radius 1 is 1.75 bits per heavy atom. The maximum absolute atomic E-state index is 11.3. The van der Waals surface area contributed by atoms with E-state index in [1.54, 1.807) is 0 Å². The van der Waals surface area contributed by atoms with Gasteiger partial charge in [0, 0.05) is 17.5 Å². The van der Waals surface area contributed by atoms with Crippen LogP contribution in [0.2, 0.25) is 0 Å². The van der Waals surface area contributed by atoms with Gasteiger partial charge in [-0.2, -0.15) is 5.26 Å². The lowest BCUT2D eigenvalue weighted by Crippen LogP contribution is -2.20. The topological polar surface area (TPSA) is 95.6 Å². The van der Waals surface area contributed by atoms with Crippen molar-refractivity contribution in [3.8, 4) is 6.07 Å². The molecule has 1 rings (SSSR count). The molecule has 1 aromatic rings. The summed E-state index contributed by atoms with van der Waals surface area (Å²) in [5, 5.41) is 9.05. The molecule has 0 aromatic carbocycles. The first-order valence-electron chi connectivity index (χ1n) is 5.04. The maximum Gasteiger partial charge on any atom is 0.251 e. The van der Waals surface area contributed by atoms with Crippen molar-refractivity contribution in [2.24, 2.45) is 5.73 Å². The number of aromatic amines is 1. The molecule has 0 saturated heterocycles. The first kappa shape index (κ1) is 12.7. The highest BCUT2D eigenvalue weighted by atomic mass is 32.2. The van der Waals surface area contributed by atoms with Crippen LogP contribution >= 0.6 is 11.8 Å². The Hall–Kier alpha value is -1.32. The molecule has 1 aromatic heterocycles. The minimum atomic E-state index is -0.537. The first-order chi connectivity index (χ1) is 7.65. The Kier molecular flexibility index (Phi) is 5.02. The van der Waals surface area contributed by atoms with Crippen molar-refractivity contribution in [1.82, 2.24) is 9.97 Å². The summed E-state index contributed by atoms with van der Waals surface area (Å²) in [4.78, 5) is 18.2. The van der Waals surface area contributed by atoms with Crippen molar-refractivity contribution in [3.63, 3.8) is 0 Å². The summed E-state index contributed by atoms with van der Waals surface area (Å²) in [6.07, 6.45) is 1.72. The normalized spacial score (nSPS) is 12.1. The Morgan fingerprint density at radius 2 is 2.50 bits per heavy atom. The van der Waals surface area contributed by atoms with E-state index in [4.69, 9.17) is 11.0 Å². The van der Waals surface area contributed by atoms with Crippen LogP contribution in [0.15, 0.2) is 16.0 Å². The monoisotopic (exact) mass is 238 g/mol. The van der Waals surface area contributed by atoms with E-state index in [0.717, 1.165) is 18.5 Å². The number of nitrogens with zero attached hydrogens (tertiary/aromatic N) is 2. The molecular formula is C10H14N4OS. The van der Waals surface area contributed by atoms with Gasteiger partial charge in [0.15, 0.2) is 5.16 Å². The quantitative estimate of drug-likeness (QED) is 0.580. The highest BCUT2D eigenvalue weighted by Gasteiger charge is 2.05. The number of aromatic nitrogens is 2. The van der Waals surface area contributed by atoms with Gasteiger partial charge in [-0.3, -0.25) is 4.79 Å². The third-order valence-corrected chi connectivity index (χ3v) is 2.84. The molecule has 0 aliphatic rings. The van der Waals surface area contributed by atoms with Crippen LogP contribution < -0.4 is 11.3 Å². The fourth-order valence-electron chi connectivity index (χ4n) is 1.14. The van der Waals surface area contributed by atoms with Crippen molar-refractivity contribution in [3.05, 3.63) is 22.1 Å². The van der Waals surface area contributed by atoms with E-state index >= 15 is 0 Å². The lowest BCUT2D eigenvalue weighted by atomic mass is 10.2. The number of H-pyrrole nitrogens is 1. The SMILES string of the molecule is CCCc1cc(=O)[nH]c(SCC(N)C#N)n1. The van der Waals surface area contributed by atoms with Crippen LogP contribution in [0.4, 0.5) is 0 Å². The van der Waals surface area contributed by atoms with Crippen LogP contribution in [-0.4, -0.2) is 21.8 Å². The lowest BCUT2D eigenvalue weighted by molar-refractivity contribution is 0.814. The lowest BCUT2D eigenvalue weighted by Gasteiger charge is -2.03. The molecular weight excluding hydrogens is 224 g/mol. The molecule has 0 aliphatic heterocycles. The molecule has 16 heavy (non-hydrogen) atoms. The van der Waals surface area contributed by atoms with Gasteiger partial charge in [0.1, 0.15) is 6.04 Å². The minimum Gasteiger partial charge on any atom is -0.315 e. The van der Waals surface area contributed by atoms with Crippen LogP contribution in [0.25, 0.3) is 0 Å². The average molecular weight is 238 g/mol. The standard InChI is InChI=1S/C10H14N4OS/c1-2-3-8-4-9(15)14-10(13-8)16-6-7(12)5-11/h4,7H,2-3,6,12H2,1H3,(H,13,14,15). The van der Waals surface area contributed by atoms with Gasteiger partial charge < -0.3 is 10.7 Å². The summed E-state index contributed by atoms with van der Waals surface area (Å²) in [7, 11) is 0. The second-order valence-corrected chi connectivity index (χ2v) is 4.35. The number of nitrogens with one attached hydrogen (secondary N) is 1. The number of nitriles is 1. The van der Waals surface area contributed by atoms with E-state index in [2.05, 4.69) is 9.97 Å². The van der Waals surface area contributed by atoms with Crippen molar-refractivity contribution < 1.29 is 0 Å². The molecule has 1 heterocycles. The maximum atomic E-state index is 11.3. The minimum absolute atomic E-state index is 0.161. The van der Waals surface area contributed by atoms with E-state index < -0.39 is 6.04 Å². The Morgan fingerprint density at radius 3 is 3.12 bits per heavy atom.